The molecule has 0 bridgehead atoms. The van der Waals surface area contributed by atoms with Crippen LogP contribution in [0.4, 0.5) is 11.4 Å². The van der Waals surface area contributed by atoms with Crippen molar-refractivity contribution in [1.29, 1.82) is 0 Å². The van der Waals surface area contributed by atoms with Gasteiger partial charge in [-0.25, -0.2) is 5.10 Å². The van der Waals surface area contributed by atoms with Crippen molar-refractivity contribution >= 4 is 17.3 Å². The summed E-state index contributed by atoms with van der Waals surface area (Å²) in [5, 5.41) is 8.68. The molecule has 2 N–H and O–H groups in total. The van der Waals surface area contributed by atoms with E-state index in [0.29, 0.717) is 5.69 Å². The van der Waals surface area contributed by atoms with E-state index in [-0.39, 0.29) is 17.2 Å². The zero-order chi connectivity index (χ0) is 13.8. The molecule has 0 atom stereocenters. The second-order valence-electron chi connectivity index (χ2n) is 4.17. The average Bonchev–Trinajstić information content (AvgIpc) is 2.39. The number of hydrogen-bond acceptors (Lipinski definition) is 4. The Labute approximate surface area is 110 Å². The van der Waals surface area contributed by atoms with E-state index in [4.69, 9.17) is 0 Å². The number of H-pyrrole nitrogens is 1. The maximum atomic E-state index is 12.0. The summed E-state index contributed by atoms with van der Waals surface area (Å²) >= 11 is 0. The van der Waals surface area contributed by atoms with Crippen molar-refractivity contribution in [1.82, 2.24) is 10.2 Å². The van der Waals surface area contributed by atoms with E-state index in [1.165, 1.54) is 12.1 Å². The number of rotatable bonds is 3. The number of carbonyl (C=O) groups excluding carboxylic acids is 1. The highest BCUT2D eigenvalue weighted by Gasteiger charge is 2.11. The maximum Gasteiger partial charge on any atom is 0.276 e. The van der Waals surface area contributed by atoms with Crippen LogP contribution in [0, 0.1) is 0 Å². The molecule has 0 radical (unpaired) electrons. The molecule has 0 fully saturated rings. The predicted molar refractivity (Wildman–Crippen MR) is 73.6 cm³/mol. The minimum absolute atomic E-state index is 0.160. The van der Waals surface area contributed by atoms with E-state index in [9.17, 15) is 9.59 Å². The lowest BCUT2D eigenvalue weighted by Crippen LogP contribution is -2.19. The monoisotopic (exact) mass is 258 g/mol. The highest BCUT2D eigenvalue weighted by atomic mass is 16.2. The highest BCUT2D eigenvalue weighted by molar-refractivity contribution is 6.04. The SMILES string of the molecule is CN(C)c1ccccc1NC(=O)c1ccc(=O)[nH]n1. The molecule has 1 aromatic heterocycles. The Morgan fingerprint density at radius 3 is 2.58 bits per heavy atom. The van der Waals surface area contributed by atoms with Gasteiger partial charge in [0.2, 0.25) is 0 Å². The highest BCUT2D eigenvalue weighted by Crippen LogP contribution is 2.23. The van der Waals surface area contributed by atoms with Gasteiger partial charge >= 0.3 is 0 Å². The molecule has 1 amide bonds. The van der Waals surface area contributed by atoms with Gasteiger partial charge in [0.05, 0.1) is 11.4 Å². The summed E-state index contributed by atoms with van der Waals surface area (Å²) in [6.07, 6.45) is 0. The van der Waals surface area contributed by atoms with Gasteiger partial charge < -0.3 is 10.2 Å². The van der Waals surface area contributed by atoms with Crippen LogP contribution >= 0.6 is 0 Å². The number of carbonyl (C=O) groups is 1. The molecule has 19 heavy (non-hydrogen) atoms. The van der Waals surface area contributed by atoms with Gasteiger partial charge in [0, 0.05) is 20.2 Å². The topological polar surface area (TPSA) is 78.1 Å². The van der Waals surface area contributed by atoms with Crippen molar-refractivity contribution in [3.63, 3.8) is 0 Å². The number of nitrogens with zero attached hydrogens (tertiary/aromatic N) is 2. The Morgan fingerprint density at radius 1 is 1.21 bits per heavy atom. The van der Waals surface area contributed by atoms with E-state index in [1.54, 1.807) is 6.07 Å². The number of nitrogens with one attached hydrogen (secondary N) is 2. The van der Waals surface area contributed by atoms with Crippen molar-refractivity contribution in [2.45, 2.75) is 0 Å². The molecule has 2 rings (SSSR count). The van der Waals surface area contributed by atoms with Crippen LogP contribution < -0.4 is 15.8 Å². The first-order valence-corrected chi connectivity index (χ1v) is 5.71. The number of aromatic amines is 1. The molecular formula is C13H14N4O2. The molecule has 98 valence electrons. The van der Waals surface area contributed by atoms with Gasteiger partial charge in [0.25, 0.3) is 11.5 Å². The zero-order valence-corrected chi connectivity index (χ0v) is 10.7. The van der Waals surface area contributed by atoms with Crippen LogP contribution in [-0.2, 0) is 0 Å². The number of hydrogen-bond donors (Lipinski definition) is 2. The van der Waals surface area contributed by atoms with Crippen LogP contribution in [0.3, 0.4) is 0 Å². The molecule has 0 spiro atoms. The number of benzene rings is 1. The van der Waals surface area contributed by atoms with Gasteiger partial charge in [-0.1, -0.05) is 12.1 Å². The van der Waals surface area contributed by atoms with Gasteiger partial charge in [-0.05, 0) is 18.2 Å². The molecule has 0 aliphatic heterocycles. The summed E-state index contributed by atoms with van der Waals surface area (Å²) in [5.74, 6) is -0.370. The second kappa shape index (κ2) is 5.34. The normalized spacial score (nSPS) is 10.0. The molecule has 6 nitrogen and oxygen atoms in total. The molecule has 0 saturated heterocycles. The molecule has 0 aliphatic rings. The predicted octanol–water partition coefficient (Wildman–Crippen LogP) is 1.09. The summed E-state index contributed by atoms with van der Waals surface area (Å²) < 4.78 is 0. The van der Waals surface area contributed by atoms with Crippen molar-refractivity contribution < 1.29 is 4.79 Å². The number of anilines is 2. The van der Waals surface area contributed by atoms with Gasteiger partial charge in [-0.15, -0.1) is 0 Å². The quantitative estimate of drug-likeness (QED) is 0.863. The van der Waals surface area contributed by atoms with E-state index in [2.05, 4.69) is 15.5 Å². The molecular weight excluding hydrogens is 244 g/mol. The van der Waals surface area contributed by atoms with Crippen LogP contribution in [-0.4, -0.2) is 30.2 Å². The summed E-state index contributed by atoms with van der Waals surface area (Å²) in [6, 6.07) is 10.1. The lowest BCUT2D eigenvalue weighted by molar-refractivity contribution is 0.102. The smallest absolute Gasteiger partial charge is 0.276 e. The fourth-order valence-electron chi connectivity index (χ4n) is 1.63. The third-order valence-corrected chi connectivity index (χ3v) is 2.55. The van der Waals surface area contributed by atoms with Crippen LogP contribution in [0.25, 0.3) is 0 Å². The first-order valence-electron chi connectivity index (χ1n) is 5.71. The van der Waals surface area contributed by atoms with Crippen molar-refractivity contribution in [3.05, 3.63) is 52.4 Å². The van der Waals surface area contributed by atoms with Crippen LogP contribution in [0.15, 0.2) is 41.2 Å². The maximum absolute atomic E-state index is 12.0. The summed E-state index contributed by atoms with van der Waals surface area (Å²) in [4.78, 5) is 24.8. The standard InChI is InChI=1S/C13H14N4O2/c1-17(2)11-6-4-3-5-9(11)14-13(19)10-7-8-12(18)16-15-10/h3-8H,1-2H3,(H,14,19)(H,16,18). The molecule has 2 aromatic rings. The summed E-state index contributed by atoms with van der Waals surface area (Å²) in [6.45, 7) is 0. The van der Waals surface area contributed by atoms with Gasteiger partial charge in [0.1, 0.15) is 5.69 Å². The van der Waals surface area contributed by atoms with Crippen LogP contribution in [0.1, 0.15) is 10.5 Å². The van der Waals surface area contributed by atoms with E-state index < -0.39 is 0 Å². The van der Waals surface area contributed by atoms with Gasteiger partial charge in [0.15, 0.2) is 0 Å². The molecule has 1 heterocycles. The van der Waals surface area contributed by atoms with Crippen molar-refractivity contribution in [2.75, 3.05) is 24.3 Å². The molecule has 0 saturated carbocycles. The fourth-order valence-corrected chi connectivity index (χ4v) is 1.63. The van der Waals surface area contributed by atoms with E-state index >= 15 is 0 Å². The average molecular weight is 258 g/mol. The third-order valence-electron chi connectivity index (χ3n) is 2.55. The number of aromatic nitrogens is 2. The van der Waals surface area contributed by atoms with Crippen molar-refractivity contribution in [2.24, 2.45) is 0 Å². The van der Waals surface area contributed by atoms with Crippen molar-refractivity contribution in [3.8, 4) is 0 Å². The first-order chi connectivity index (χ1) is 9.08. The van der Waals surface area contributed by atoms with Crippen LogP contribution in [0.2, 0.25) is 0 Å². The Balaban J connectivity index is 2.24. The van der Waals surface area contributed by atoms with Gasteiger partial charge in [-0.2, -0.15) is 5.10 Å². The van der Waals surface area contributed by atoms with E-state index in [1.807, 2.05) is 37.2 Å². The second-order valence-corrected chi connectivity index (χ2v) is 4.17. The minimum Gasteiger partial charge on any atom is -0.376 e. The first kappa shape index (κ1) is 12.8. The molecule has 0 aliphatic carbocycles. The Morgan fingerprint density at radius 2 is 1.95 bits per heavy atom. The van der Waals surface area contributed by atoms with E-state index in [0.717, 1.165) is 5.69 Å². The number of amides is 1. The Bertz CT molecular complexity index is 629. The minimum atomic E-state index is -0.370. The summed E-state index contributed by atoms with van der Waals surface area (Å²) in [7, 11) is 3.78. The Kier molecular flexibility index (Phi) is 3.61. The lowest BCUT2D eigenvalue weighted by atomic mass is 10.2. The third kappa shape index (κ3) is 2.98. The summed E-state index contributed by atoms with van der Waals surface area (Å²) in [5.41, 5.74) is 1.39. The van der Waals surface area contributed by atoms with Crippen LogP contribution in [0.5, 0.6) is 0 Å². The van der Waals surface area contributed by atoms with Gasteiger partial charge in [-0.3, -0.25) is 9.59 Å². The molecule has 1 aromatic carbocycles. The molecule has 6 heteroatoms. The number of para-hydroxylation sites is 2. The lowest BCUT2D eigenvalue weighted by Gasteiger charge is -2.17. The largest absolute Gasteiger partial charge is 0.376 e. The Hall–Kier alpha value is -2.63. The molecule has 0 unspecified atom stereocenters. The fraction of sp³-hybridized carbons (Fsp3) is 0.154. The zero-order valence-electron chi connectivity index (χ0n) is 10.7.